The lowest BCUT2D eigenvalue weighted by atomic mass is 10.2. The van der Waals surface area contributed by atoms with Crippen molar-refractivity contribution >= 4 is 16.9 Å². The van der Waals surface area contributed by atoms with Gasteiger partial charge in [0.25, 0.3) is 5.91 Å². The van der Waals surface area contributed by atoms with Crippen molar-refractivity contribution in [3.8, 4) is 17.1 Å². The van der Waals surface area contributed by atoms with E-state index in [9.17, 15) is 4.79 Å². The fourth-order valence-corrected chi connectivity index (χ4v) is 2.59. The molecule has 3 N–H and O–H groups in total. The summed E-state index contributed by atoms with van der Waals surface area (Å²) in [6.07, 6.45) is 1.60. The number of rotatable bonds is 5. The van der Waals surface area contributed by atoms with Crippen molar-refractivity contribution in [3.05, 3.63) is 60.2 Å². The fraction of sp³-hybridized carbons (Fsp3) is 0.111. The summed E-state index contributed by atoms with van der Waals surface area (Å²) < 4.78 is 5.14. The number of carbonyl (C=O) groups is 1. The van der Waals surface area contributed by atoms with Crippen molar-refractivity contribution in [1.29, 1.82) is 0 Å². The summed E-state index contributed by atoms with van der Waals surface area (Å²) in [5.41, 5.74) is 3.06. The Morgan fingerprint density at radius 3 is 2.85 bits per heavy atom. The molecular formula is C18H16N6O2. The zero-order chi connectivity index (χ0) is 17.9. The van der Waals surface area contributed by atoms with Gasteiger partial charge in [0.15, 0.2) is 5.82 Å². The molecule has 1 amide bonds. The number of fused-ring (bicyclic) bond motifs is 1. The monoisotopic (exact) mass is 348 g/mol. The summed E-state index contributed by atoms with van der Waals surface area (Å²) in [6, 6.07) is 12.8. The Morgan fingerprint density at radius 2 is 2.04 bits per heavy atom. The Morgan fingerprint density at radius 1 is 1.19 bits per heavy atom. The molecule has 0 fully saturated rings. The molecule has 0 saturated carbocycles. The van der Waals surface area contributed by atoms with E-state index in [1.165, 1.54) is 0 Å². The van der Waals surface area contributed by atoms with Gasteiger partial charge in [-0.15, -0.1) is 0 Å². The summed E-state index contributed by atoms with van der Waals surface area (Å²) in [4.78, 5) is 23.8. The highest BCUT2D eigenvalue weighted by Gasteiger charge is 2.10. The second kappa shape index (κ2) is 6.67. The molecule has 8 nitrogen and oxygen atoms in total. The van der Waals surface area contributed by atoms with Gasteiger partial charge >= 0.3 is 0 Å². The summed E-state index contributed by atoms with van der Waals surface area (Å²) in [5, 5.41) is 9.86. The predicted octanol–water partition coefficient (Wildman–Crippen LogP) is 2.29. The lowest BCUT2D eigenvalue weighted by Crippen LogP contribution is -2.23. The Kier molecular flexibility index (Phi) is 4.06. The smallest absolute Gasteiger partial charge is 0.251 e. The molecule has 0 spiro atoms. The number of H-pyrrole nitrogens is 2. The third-order valence-electron chi connectivity index (χ3n) is 3.98. The van der Waals surface area contributed by atoms with Crippen LogP contribution in [-0.4, -0.2) is 38.2 Å². The number of amides is 1. The standard InChI is InChI=1S/C18H16N6O2/c1-26-13-5-2-11(3-6-13)17-22-16(23-24-17)9-19-18(25)12-4-7-14-15(8-12)21-10-20-14/h2-8,10H,9H2,1H3,(H,19,25)(H,20,21)(H,22,23,24). The topological polar surface area (TPSA) is 109 Å². The number of carbonyl (C=O) groups excluding carboxylic acids is 1. The Hall–Kier alpha value is -3.68. The molecule has 0 unspecified atom stereocenters. The number of methoxy groups -OCH3 is 1. The van der Waals surface area contributed by atoms with E-state index in [0.29, 0.717) is 17.2 Å². The summed E-state index contributed by atoms with van der Waals surface area (Å²) in [7, 11) is 1.62. The Bertz CT molecular complexity index is 1050. The average molecular weight is 348 g/mol. The molecule has 0 aliphatic heterocycles. The summed E-state index contributed by atoms with van der Waals surface area (Å²) in [5.74, 6) is 1.72. The molecule has 4 rings (SSSR count). The van der Waals surface area contributed by atoms with Gasteiger partial charge in [-0.05, 0) is 42.5 Å². The second-order valence-electron chi connectivity index (χ2n) is 5.65. The van der Waals surface area contributed by atoms with Crippen LogP contribution >= 0.6 is 0 Å². The molecular weight excluding hydrogens is 332 g/mol. The van der Waals surface area contributed by atoms with E-state index in [2.05, 4.69) is 30.5 Å². The molecule has 2 aromatic carbocycles. The molecule has 2 heterocycles. The predicted molar refractivity (Wildman–Crippen MR) is 95.6 cm³/mol. The van der Waals surface area contributed by atoms with Crippen LogP contribution in [0.5, 0.6) is 5.75 Å². The summed E-state index contributed by atoms with van der Waals surface area (Å²) >= 11 is 0. The van der Waals surface area contributed by atoms with Crippen LogP contribution in [0.1, 0.15) is 16.2 Å². The molecule has 0 aliphatic carbocycles. The summed E-state index contributed by atoms with van der Waals surface area (Å²) in [6.45, 7) is 0.253. The first-order valence-electron chi connectivity index (χ1n) is 8.00. The van der Waals surface area contributed by atoms with Crippen molar-refractivity contribution in [2.24, 2.45) is 0 Å². The van der Waals surface area contributed by atoms with Crippen LogP contribution in [0.15, 0.2) is 48.8 Å². The number of nitrogens with zero attached hydrogens (tertiary/aromatic N) is 3. The molecule has 4 aromatic rings. The molecule has 130 valence electrons. The van der Waals surface area contributed by atoms with Gasteiger partial charge in [-0.25, -0.2) is 9.97 Å². The zero-order valence-electron chi connectivity index (χ0n) is 14.0. The molecule has 2 aromatic heterocycles. The van der Waals surface area contributed by atoms with Crippen molar-refractivity contribution in [3.63, 3.8) is 0 Å². The Labute approximate surface area is 148 Å². The van der Waals surface area contributed by atoms with Crippen LogP contribution in [0.2, 0.25) is 0 Å². The molecule has 0 atom stereocenters. The van der Waals surface area contributed by atoms with Crippen LogP contribution in [0.3, 0.4) is 0 Å². The SMILES string of the molecule is COc1ccc(-c2n[nH]c(CNC(=O)c3ccc4nc[nH]c4c3)n2)cc1. The van der Waals surface area contributed by atoms with Crippen LogP contribution in [0, 0.1) is 0 Å². The van der Waals surface area contributed by atoms with Gasteiger partial charge in [-0.2, -0.15) is 5.10 Å². The van der Waals surface area contributed by atoms with Gasteiger partial charge in [-0.1, -0.05) is 0 Å². The zero-order valence-corrected chi connectivity index (χ0v) is 14.0. The molecule has 0 radical (unpaired) electrons. The van der Waals surface area contributed by atoms with Gasteiger partial charge in [0, 0.05) is 11.1 Å². The van der Waals surface area contributed by atoms with E-state index in [0.717, 1.165) is 22.3 Å². The van der Waals surface area contributed by atoms with E-state index in [4.69, 9.17) is 4.74 Å². The highest BCUT2D eigenvalue weighted by molar-refractivity contribution is 5.97. The largest absolute Gasteiger partial charge is 0.497 e. The number of imidazole rings is 1. The van der Waals surface area contributed by atoms with Crippen molar-refractivity contribution < 1.29 is 9.53 Å². The molecule has 0 saturated heterocycles. The number of aromatic amines is 2. The van der Waals surface area contributed by atoms with E-state index in [1.54, 1.807) is 31.6 Å². The van der Waals surface area contributed by atoms with Gasteiger partial charge in [0.2, 0.25) is 0 Å². The minimum absolute atomic E-state index is 0.191. The Balaban J connectivity index is 1.42. The quantitative estimate of drug-likeness (QED) is 0.513. The van der Waals surface area contributed by atoms with Crippen molar-refractivity contribution in [2.45, 2.75) is 6.54 Å². The maximum absolute atomic E-state index is 12.3. The van der Waals surface area contributed by atoms with Gasteiger partial charge in [0.1, 0.15) is 11.6 Å². The van der Waals surface area contributed by atoms with Crippen LogP contribution in [0.4, 0.5) is 0 Å². The van der Waals surface area contributed by atoms with Crippen LogP contribution in [-0.2, 0) is 6.54 Å². The lowest BCUT2D eigenvalue weighted by molar-refractivity contribution is 0.0950. The molecule has 0 bridgehead atoms. The van der Waals surface area contributed by atoms with Crippen LogP contribution < -0.4 is 10.1 Å². The third kappa shape index (κ3) is 3.12. The van der Waals surface area contributed by atoms with E-state index < -0.39 is 0 Å². The number of nitrogens with one attached hydrogen (secondary N) is 3. The maximum atomic E-state index is 12.3. The van der Waals surface area contributed by atoms with Gasteiger partial charge in [0.05, 0.1) is 31.0 Å². The molecule has 8 heteroatoms. The van der Waals surface area contributed by atoms with E-state index >= 15 is 0 Å². The van der Waals surface area contributed by atoms with E-state index in [-0.39, 0.29) is 12.5 Å². The lowest BCUT2D eigenvalue weighted by Gasteiger charge is -2.03. The number of hydrogen-bond donors (Lipinski definition) is 3. The fourth-order valence-electron chi connectivity index (χ4n) is 2.59. The van der Waals surface area contributed by atoms with Crippen molar-refractivity contribution in [1.82, 2.24) is 30.5 Å². The first-order valence-corrected chi connectivity index (χ1v) is 8.00. The van der Waals surface area contributed by atoms with Gasteiger partial charge < -0.3 is 15.0 Å². The highest BCUT2D eigenvalue weighted by atomic mass is 16.5. The van der Waals surface area contributed by atoms with Gasteiger partial charge in [-0.3, -0.25) is 9.89 Å². The average Bonchev–Trinajstić information content (AvgIpc) is 3.35. The first-order chi connectivity index (χ1) is 12.7. The highest BCUT2D eigenvalue weighted by Crippen LogP contribution is 2.19. The minimum Gasteiger partial charge on any atom is -0.497 e. The second-order valence-corrected chi connectivity index (χ2v) is 5.65. The normalized spacial score (nSPS) is 10.8. The molecule has 0 aliphatic rings. The molecule has 26 heavy (non-hydrogen) atoms. The van der Waals surface area contributed by atoms with E-state index in [1.807, 2.05) is 24.3 Å². The number of ether oxygens (including phenoxy) is 1. The first kappa shape index (κ1) is 15.8. The number of aromatic nitrogens is 5. The number of benzene rings is 2. The number of hydrogen-bond acceptors (Lipinski definition) is 5. The maximum Gasteiger partial charge on any atom is 0.251 e. The van der Waals surface area contributed by atoms with Crippen LogP contribution in [0.25, 0.3) is 22.4 Å². The van der Waals surface area contributed by atoms with Crippen molar-refractivity contribution in [2.75, 3.05) is 7.11 Å². The minimum atomic E-state index is -0.191. The third-order valence-corrected chi connectivity index (χ3v) is 3.98.